The van der Waals surface area contributed by atoms with Gasteiger partial charge < -0.3 is 9.88 Å². The molecule has 0 saturated heterocycles. The molecule has 0 bridgehead atoms. The highest BCUT2D eigenvalue weighted by Crippen LogP contribution is 2.14. The minimum Gasteiger partial charge on any atom is -0.354 e. The Balaban J connectivity index is 1.32. The van der Waals surface area contributed by atoms with Crippen LogP contribution in [0.3, 0.4) is 0 Å². The lowest BCUT2D eigenvalue weighted by Gasteiger charge is -2.14. The Labute approximate surface area is 181 Å². The molecule has 0 spiro atoms. The van der Waals surface area contributed by atoms with Crippen LogP contribution in [0, 0.1) is 0 Å². The summed E-state index contributed by atoms with van der Waals surface area (Å²) in [5.41, 5.74) is 6.94. The highest BCUT2D eigenvalue weighted by Gasteiger charge is 2.11. The van der Waals surface area contributed by atoms with Crippen LogP contribution in [0.25, 0.3) is 10.9 Å². The molecule has 3 aromatic rings. The van der Waals surface area contributed by atoms with E-state index in [4.69, 9.17) is 0 Å². The van der Waals surface area contributed by atoms with Crippen LogP contribution in [0.4, 0.5) is 0 Å². The fourth-order valence-electron chi connectivity index (χ4n) is 3.35. The molecule has 3 N–H and O–H groups in total. The van der Waals surface area contributed by atoms with Crippen LogP contribution < -0.4 is 16.2 Å². The number of carbonyl (C=O) groups excluding carboxylic acids is 3. The van der Waals surface area contributed by atoms with Crippen LogP contribution in [-0.2, 0) is 27.3 Å². The molecule has 0 radical (unpaired) electrons. The Hall–Kier alpha value is -3.61. The summed E-state index contributed by atoms with van der Waals surface area (Å²) in [7, 11) is 0. The van der Waals surface area contributed by atoms with E-state index in [1.165, 1.54) is 5.56 Å². The zero-order valence-corrected chi connectivity index (χ0v) is 17.6. The van der Waals surface area contributed by atoms with Gasteiger partial charge in [0.05, 0.1) is 0 Å². The maximum absolute atomic E-state index is 12.1. The van der Waals surface area contributed by atoms with Gasteiger partial charge in [0.15, 0.2) is 0 Å². The number of amides is 3. The number of hydrazine groups is 1. The van der Waals surface area contributed by atoms with E-state index in [-0.39, 0.29) is 37.2 Å². The molecule has 31 heavy (non-hydrogen) atoms. The number of nitrogens with one attached hydrogen (secondary N) is 3. The molecule has 0 aliphatic rings. The van der Waals surface area contributed by atoms with Gasteiger partial charge in [-0.3, -0.25) is 25.2 Å². The van der Waals surface area contributed by atoms with Crippen LogP contribution in [0.15, 0.2) is 66.9 Å². The van der Waals surface area contributed by atoms with Gasteiger partial charge in [-0.1, -0.05) is 48.5 Å². The van der Waals surface area contributed by atoms with Crippen molar-refractivity contribution < 1.29 is 14.4 Å². The van der Waals surface area contributed by atoms with Crippen LogP contribution in [0.1, 0.15) is 31.7 Å². The number of benzene rings is 2. The van der Waals surface area contributed by atoms with Crippen molar-refractivity contribution in [2.75, 3.05) is 0 Å². The van der Waals surface area contributed by atoms with Crippen LogP contribution in [0.2, 0.25) is 0 Å². The second-order valence-corrected chi connectivity index (χ2v) is 7.59. The maximum Gasteiger partial charge on any atom is 0.258 e. The summed E-state index contributed by atoms with van der Waals surface area (Å²) in [4.78, 5) is 36.1. The van der Waals surface area contributed by atoms with E-state index in [0.717, 1.165) is 23.7 Å². The first-order valence-corrected chi connectivity index (χ1v) is 10.5. The van der Waals surface area contributed by atoms with Gasteiger partial charge in [-0.2, -0.15) is 0 Å². The van der Waals surface area contributed by atoms with Gasteiger partial charge in [0, 0.05) is 30.6 Å². The van der Waals surface area contributed by atoms with Gasteiger partial charge in [0.1, 0.15) is 6.54 Å². The molecule has 1 aromatic heterocycles. The van der Waals surface area contributed by atoms with Crippen molar-refractivity contribution in [3.8, 4) is 0 Å². The number of carbonyl (C=O) groups is 3. The number of hydrogen-bond donors (Lipinski definition) is 3. The Kier molecular flexibility index (Phi) is 7.81. The van der Waals surface area contributed by atoms with Gasteiger partial charge in [-0.15, -0.1) is 0 Å². The van der Waals surface area contributed by atoms with Gasteiger partial charge in [-0.25, -0.2) is 0 Å². The molecular weight excluding hydrogens is 392 g/mol. The average Bonchev–Trinajstić information content (AvgIpc) is 3.18. The van der Waals surface area contributed by atoms with E-state index < -0.39 is 5.91 Å². The van der Waals surface area contributed by atoms with Crippen molar-refractivity contribution in [3.05, 3.63) is 72.4 Å². The summed E-state index contributed by atoms with van der Waals surface area (Å²) in [5, 5.41) is 3.95. The monoisotopic (exact) mass is 420 g/mol. The topological polar surface area (TPSA) is 92.2 Å². The number of rotatable bonds is 9. The lowest BCUT2D eigenvalue weighted by molar-refractivity contribution is -0.130. The van der Waals surface area contributed by atoms with E-state index in [1.807, 2.05) is 61.7 Å². The second kappa shape index (κ2) is 11.0. The Morgan fingerprint density at radius 2 is 1.52 bits per heavy atom. The number of hydrogen-bond acceptors (Lipinski definition) is 3. The maximum atomic E-state index is 12.1. The number of aromatic nitrogens is 1. The van der Waals surface area contributed by atoms with E-state index >= 15 is 0 Å². The molecule has 0 aliphatic carbocycles. The van der Waals surface area contributed by atoms with Gasteiger partial charge in [-0.05, 0) is 42.8 Å². The summed E-state index contributed by atoms with van der Waals surface area (Å²) in [5.74, 6) is -0.924. The molecule has 1 heterocycles. The molecule has 0 aliphatic heterocycles. The summed E-state index contributed by atoms with van der Waals surface area (Å²) >= 11 is 0. The molecular formula is C24H28N4O3. The summed E-state index contributed by atoms with van der Waals surface area (Å²) < 4.78 is 1.81. The summed E-state index contributed by atoms with van der Waals surface area (Å²) in [6.45, 7) is 2.04. The minimum absolute atomic E-state index is 0.00394. The van der Waals surface area contributed by atoms with Crippen LogP contribution in [0.5, 0.6) is 0 Å². The Morgan fingerprint density at radius 3 is 2.32 bits per heavy atom. The van der Waals surface area contributed by atoms with E-state index in [1.54, 1.807) is 4.57 Å². The Bertz CT molecular complexity index is 1030. The van der Waals surface area contributed by atoms with Crippen LogP contribution >= 0.6 is 0 Å². The Morgan fingerprint density at radius 1 is 0.839 bits per heavy atom. The van der Waals surface area contributed by atoms with Gasteiger partial charge in [0.25, 0.3) is 5.91 Å². The van der Waals surface area contributed by atoms with Crippen molar-refractivity contribution in [2.45, 2.75) is 45.2 Å². The van der Waals surface area contributed by atoms with Gasteiger partial charge >= 0.3 is 0 Å². The largest absolute Gasteiger partial charge is 0.354 e. The smallest absolute Gasteiger partial charge is 0.258 e. The molecule has 162 valence electrons. The third kappa shape index (κ3) is 6.99. The predicted octanol–water partition coefficient (Wildman–Crippen LogP) is 2.71. The van der Waals surface area contributed by atoms with E-state index in [2.05, 4.69) is 28.3 Å². The standard InChI is InChI=1S/C24H28N4O3/c1-18(11-12-19-7-3-2-4-8-19)25-22(29)13-14-23(30)26-27-24(31)17-28-16-15-20-9-5-6-10-21(20)28/h2-10,15-16,18H,11-14,17H2,1H3,(H,25,29)(H,26,30)(H,27,31). The predicted molar refractivity (Wildman–Crippen MR) is 120 cm³/mol. The summed E-state index contributed by atoms with van der Waals surface area (Å²) in [6.07, 6.45) is 3.61. The number of nitrogens with zero attached hydrogens (tertiary/aromatic N) is 1. The molecule has 7 nitrogen and oxygen atoms in total. The minimum atomic E-state index is -0.405. The molecule has 3 amide bonds. The van der Waals surface area contributed by atoms with E-state index in [9.17, 15) is 14.4 Å². The quantitative estimate of drug-likeness (QED) is 0.465. The molecule has 2 aromatic carbocycles. The zero-order valence-electron chi connectivity index (χ0n) is 17.6. The molecule has 7 heteroatoms. The molecule has 1 atom stereocenters. The number of aryl methyl sites for hydroxylation is 1. The van der Waals surface area contributed by atoms with E-state index in [0.29, 0.717) is 0 Å². The molecule has 0 saturated carbocycles. The number of fused-ring (bicyclic) bond motifs is 1. The molecule has 0 fully saturated rings. The first-order valence-electron chi connectivity index (χ1n) is 10.5. The SMILES string of the molecule is CC(CCc1ccccc1)NC(=O)CCC(=O)NNC(=O)Cn1ccc2ccccc21. The van der Waals surface area contributed by atoms with Gasteiger partial charge in [0.2, 0.25) is 11.8 Å². The first kappa shape index (κ1) is 22.1. The van der Waals surface area contributed by atoms with Crippen molar-refractivity contribution in [1.29, 1.82) is 0 Å². The first-order chi connectivity index (χ1) is 15.0. The van der Waals surface area contributed by atoms with Crippen molar-refractivity contribution >= 4 is 28.6 Å². The van der Waals surface area contributed by atoms with Crippen LogP contribution in [-0.4, -0.2) is 28.3 Å². The zero-order chi connectivity index (χ0) is 22.1. The lowest BCUT2D eigenvalue weighted by Crippen LogP contribution is -2.43. The molecule has 3 rings (SSSR count). The number of para-hydroxylation sites is 1. The highest BCUT2D eigenvalue weighted by molar-refractivity contribution is 5.86. The fraction of sp³-hybridized carbons (Fsp3) is 0.292. The molecule has 1 unspecified atom stereocenters. The average molecular weight is 421 g/mol. The van der Waals surface area contributed by atoms with Crippen molar-refractivity contribution in [3.63, 3.8) is 0 Å². The van der Waals surface area contributed by atoms with Crippen molar-refractivity contribution in [1.82, 2.24) is 20.7 Å². The summed E-state index contributed by atoms with van der Waals surface area (Å²) in [6, 6.07) is 19.8. The lowest BCUT2D eigenvalue weighted by atomic mass is 10.1. The fourth-order valence-corrected chi connectivity index (χ4v) is 3.35. The third-order valence-electron chi connectivity index (χ3n) is 5.03. The highest BCUT2D eigenvalue weighted by atomic mass is 16.2. The third-order valence-corrected chi connectivity index (χ3v) is 5.03. The second-order valence-electron chi connectivity index (χ2n) is 7.59. The van der Waals surface area contributed by atoms with Crippen molar-refractivity contribution in [2.24, 2.45) is 0 Å². The normalized spacial score (nSPS) is 11.6.